The maximum Gasteiger partial charge on any atom is 0.343 e. The lowest BCUT2D eigenvalue weighted by molar-refractivity contribution is -0.123. The summed E-state index contributed by atoms with van der Waals surface area (Å²) in [6.45, 7) is 2.20. The third kappa shape index (κ3) is 8.07. The van der Waals surface area contributed by atoms with Crippen LogP contribution in [-0.4, -0.2) is 24.7 Å². The average molecular weight is 495 g/mol. The Morgan fingerprint density at radius 3 is 2.16 bits per heavy atom. The van der Waals surface area contributed by atoms with Crippen LogP contribution in [-0.2, 0) is 11.4 Å². The van der Waals surface area contributed by atoms with Crippen LogP contribution in [0.25, 0.3) is 0 Å². The highest BCUT2D eigenvalue weighted by Gasteiger charge is 2.08. The number of carbonyl (C=O) groups excluding carboxylic acids is 2. The number of amides is 1. The smallest absolute Gasteiger partial charge is 0.343 e. The van der Waals surface area contributed by atoms with E-state index in [1.54, 1.807) is 60.7 Å². The molecule has 4 aromatic rings. The number of hydrogen-bond donors (Lipinski definition) is 1. The van der Waals surface area contributed by atoms with Crippen LogP contribution in [0.3, 0.4) is 0 Å². The van der Waals surface area contributed by atoms with E-state index in [1.807, 2.05) is 49.4 Å². The van der Waals surface area contributed by atoms with E-state index in [1.165, 1.54) is 6.21 Å². The number of rotatable bonds is 10. The molecule has 0 aliphatic rings. The van der Waals surface area contributed by atoms with Crippen LogP contribution in [0.4, 0.5) is 0 Å². The molecular weight excluding hydrogens is 468 g/mol. The largest absolute Gasteiger partial charge is 0.489 e. The number of hydrogen-bond acceptors (Lipinski definition) is 6. The van der Waals surface area contributed by atoms with Crippen molar-refractivity contribution in [2.24, 2.45) is 5.10 Å². The van der Waals surface area contributed by atoms with Crippen LogP contribution >= 0.6 is 0 Å². The lowest BCUT2D eigenvalue weighted by Gasteiger charge is -2.08. The predicted molar refractivity (Wildman–Crippen MR) is 141 cm³/mol. The van der Waals surface area contributed by atoms with Crippen LogP contribution in [0.15, 0.2) is 108 Å². The molecule has 4 rings (SSSR count). The van der Waals surface area contributed by atoms with Gasteiger partial charge in [0, 0.05) is 0 Å². The molecule has 0 radical (unpaired) electrons. The normalized spacial score (nSPS) is 10.6. The van der Waals surface area contributed by atoms with Gasteiger partial charge in [0.2, 0.25) is 0 Å². The first-order valence-electron chi connectivity index (χ1n) is 11.7. The molecule has 37 heavy (non-hydrogen) atoms. The Kier molecular flexibility index (Phi) is 8.64. The number of hydrazone groups is 1. The van der Waals surface area contributed by atoms with Gasteiger partial charge in [-0.1, -0.05) is 48.0 Å². The van der Waals surface area contributed by atoms with Crippen molar-refractivity contribution in [2.45, 2.75) is 13.5 Å². The number of esters is 1. The van der Waals surface area contributed by atoms with E-state index in [9.17, 15) is 9.59 Å². The Bertz CT molecular complexity index is 1350. The standard InChI is InChI=1S/C30H26N2O5/c1-22-6-5-9-25(18-22)30(34)37-28-12-10-23(11-13-28)19-31-32-29(33)21-36-27-16-14-26(15-17-27)35-20-24-7-3-2-4-8-24/h2-19H,20-21H2,1H3,(H,32,33). The van der Waals surface area contributed by atoms with E-state index in [2.05, 4.69) is 10.5 Å². The first kappa shape index (κ1) is 25.2. The van der Waals surface area contributed by atoms with Gasteiger partial charge in [0.05, 0.1) is 11.8 Å². The average Bonchev–Trinajstić information content (AvgIpc) is 2.93. The van der Waals surface area contributed by atoms with Crippen molar-refractivity contribution in [1.82, 2.24) is 5.43 Å². The summed E-state index contributed by atoms with van der Waals surface area (Å²) in [7, 11) is 0. The number of nitrogens with one attached hydrogen (secondary N) is 1. The minimum absolute atomic E-state index is 0.185. The van der Waals surface area contributed by atoms with Gasteiger partial charge in [-0.25, -0.2) is 10.2 Å². The van der Waals surface area contributed by atoms with Crippen molar-refractivity contribution in [1.29, 1.82) is 0 Å². The Balaban J connectivity index is 1.18. The maximum absolute atomic E-state index is 12.2. The molecule has 0 spiro atoms. The molecule has 0 fully saturated rings. The molecule has 7 nitrogen and oxygen atoms in total. The van der Waals surface area contributed by atoms with Gasteiger partial charge in [0.15, 0.2) is 6.61 Å². The van der Waals surface area contributed by atoms with Crippen molar-refractivity contribution in [2.75, 3.05) is 6.61 Å². The number of benzene rings is 4. The van der Waals surface area contributed by atoms with E-state index >= 15 is 0 Å². The van der Waals surface area contributed by atoms with E-state index < -0.39 is 11.9 Å². The molecule has 0 aliphatic heterocycles. The number of nitrogens with zero attached hydrogens (tertiary/aromatic N) is 1. The topological polar surface area (TPSA) is 86.2 Å². The van der Waals surface area contributed by atoms with Crippen LogP contribution in [0.5, 0.6) is 17.2 Å². The second kappa shape index (κ2) is 12.7. The van der Waals surface area contributed by atoms with Crippen molar-refractivity contribution < 1.29 is 23.8 Å². The zero-order valence-corrected chi connectivity index (χ0v) is 20.3. The third-order valence-corrected chi connectivity index (χ3v) is 5.19. The second-order valence-corrected chi connectivity index (χ2v) is 8.16. The summed E-state index contributed by atoms with van der Waals surface area (Å²) in [5, 5.41) is 3.94. The Labute approximate surface area is 215 Å². The molecular formula is C30H26N2O5. The summed E-state index contributed by atoms with van der Waals surface area (Å²) in [4.78, 5) is 24.3. The molecule has 1 N–H and O–H groups in total. The Morgan fingerprint density at radius 1 is 0.784 bits per heavy atom. The van der Waals surface area contributed by atoms with Crippen LogP contribution in [0.1, 0.15) is 27.0 Å². The highest BCUT2D eigenvalue weighted by Crippen LogP contribution is 2.19. The van der Waals surface area contributed by atoms with Crippen LogP contribution in [0.2, 0.25) is 0 Å². The maximum atomic E-state index is 12.2. The molecule has 0 heterocycles. The fourth-order valence-corrected chi connectivity index (χ4v) is 3.29. The Hall–Kier alpha value is -4.91. The SMILES string of the molecule is Cc1cccc(C(=O)Oc2ccc(C=NNC(=O)COc3ccc(OCc4ccccc4)cc3)cc2)c1. The highest BCUT2D eigenvalue weighted by molar-refractivity contribution is 5.91. The van der Waals surface area contributed by atoms with Gasteiger partial charge in [0.25, 0.3) is 5.91 Å². The number of carbonyl (C=O) groups is 2. The quantitative estimate of drug-likeness (QED) is 0.140. The Morgan fingerprint density at radius 2 is 1.46 bits per heavy atom. The summed E-state index contributed by atoms with van der Waals surface area (Å²) in [6, 6.07) is 30.9. The summed E-state index contributed by atoms with van der Waals surface area (Å²) in [5.41, 5.74) is 5.70. The van der Waals surface area contributed by atoms with Gasteiger partial charge in [-0.15, -0.1) is 0 Å². The van der Waals surface area contributed by atoms with Crippen molar-refractivity contribution in [3.05, 3.63) is 125 Å². The summed E-state index contributed by atoms with van der Waals surface area (Å²) in [6.07, 6.45) is 1.49. The number of ether oxygens (including phenoxy) is 3. The van der Waals surface area contributed by atoms with Gasteiger partial charge in [-0.05, 0) is 78.7 Å². The van der Waals surface area contributed by atoms with Crippen molar-refractivity contribution >= 4 is 18.1 Å². The van der Waals surface area contributed by atoms with Gasteiger partial charge in [-0.3, -0.25) is 4.79 Å². The highest BCUT2D eigenvalue weighted by atomic mass is 16.5. The lowest BCUT2D eigenvalue weighted by Crippen LogP contribution is -2.24. The molecule has 4 aromatic carbocycles. The first-order valence-corrected chi connectivity index (χ1v) is 11.7. The zero-order valence-electron chi connectivity index (χ0n) is 20.3. The van der Waals surface area contributed by atoms with Gasteiger partial charge >= 0.3 is 5.97 Å². The first-order chi connectivity index (χ1) is 18.0. The number of aryl methyl sites for hydroxylation is 1. The molecule has 186 valence electrons. The van der Waals surface area contributed by atoms with E-state index in [0.29, 0.717) is 29.4 Å². The lowest BCUT2D eigenvalue weighted by atomic mass is 10.1. The van der Waals surface area contributed by atoms with Gasteiger partial charge in [0.1, 0.15) is 23.9 Å². The van der Waals surface area contributed by atoms with Crippen molar-refractivity contribution in [3.63, 3.8) is 0 Å². The van der Waals surface area contributed by atoms with Gasteiger partial charge in [-0.2, -0.15) is 5.10 Å². The van der Waals surface area contributed by atoms with E-state index in [0.717, 1.165) is 16.7 Å². The minimum atomic E-state index is -0.424. The monoisotopic (exact) mass is 494 g/mol. The molecule has 0 bridgehead atoms. The summed E-state index contributed by atoms with van der Waals surface area (Å²) in [5.74, 6) is 0.844. The van der Waals surface area contributed by atoms with E-state index in [4.69, 9.17) is 14.2 Å². The molecule has 1 amide bonds. The fourth-order valence-electron chi connectivity index (χ4n) is 3.29. The predicted octanol–water partition coefficient (Wildman–Crippen LogP) is 5.32. The molecule has 0 aliphatic carbocycles. The van der Waals surface area contributed by atoms with Crippen LogP contribution < -0.4 is 19.6 Å². The van der Waals surface area contributed by atoms with Crippen molar-refractivity contribution in [3.8, 4) is 17.2 Å². The fraction of sp³-hybridized carbons (Fsp3) is 0.100. The molecule has 0 atom stereocenters. The third-order valence-electron chi connectivity index (χ3n) is 5.19. The zero-order chi connectivity index (χ0) is 25.9. The molecule has 0 saturated heterocycles. The summed E-state index contributed by atoms with van der Waals surface area (Å²) < 4.78 is 16.6. The molecule has 0 aromatic heterocycles. The molecule has 0 saturated carbocycles. The van der Waals surface area contributed by atoms with E-state index in [-0.39, 0.29) is 6.61 Å². The second-order valence-electron chi connectivity index (χ2n) is 8.16. The molecule has 0 unspecified atom stereocenters. The minimum Gasteiger partial charge on any atom is -0.489 e. The molecule has 7 heteroatoms. The van der Waals surface area contributed by atoms with Crippen LogP contribution in [0, 0.1) is 6.92 Å². The summed E-state index contributed by atoms with van der Waals surface area (Å²) >= 11 is 0. The van der Waals surface area contributed by atoms with Gasteiger partial charge < -0.3 is 14.2 Å².